The number of benzene rings is 1. The predicted octanol–water partition coefficient (Wildman–Crippen LogP) is 3.57. The van der Waals surface area contributed by atoms with Crippen molar-refractivity contribution >= 4 is 11.9 Å². The van der Waals surface area contributed by atoms with Gasteiger partial charge < -0.3 is 28.5 Å². The van der Waals surface area contributed by atoms with E-state index in [9.17, 15) is 19.5 Å². The second kappa shape index (κ2) is 11.0. The van der Waals surface area contributed by atoms with Gasteiger partial charge in [0.15, 0.2) is 0 Å². The number of aromatic amines is 1. The topological polar surface area (TPSA) is 137 Å². The molecule has 1 atom stereocenters. The first-order valence-corrected chi connectivity index (χ1v) is 11.6. The molecule has 0 radical (unpaired) electrons. The highest BCUT2D eigenvalue weighted by atomic mass is 16.5. The molecular weight excluding hydrogens is 478 g/mol. The van der Waals surface area contributed by atoms with Crippen molar-refractivity contribution in [2.24, 2.45) is 0 Å². The van der Waals surface area contributed by atoms with Gasteiger partial charge in [-0.15, -0.1) is 0 Å². The van der Waals surface area contributed by atoms with Gasteiger partial charge in [0.1, 0.15) is 17.3 Å². The number of aryl methyl sites for hydroxylation is 2. The minimum absolute atomic E-state index is 0.0440. The number of hydrogen-bond acceptors (Lipinski definition) is 8. The van der Waals surface area contributed by atoms with Crippen LogP contribution in [0.25, 0.3) is 11.3 Å². The van der Waals surface area contributed by atoms with Gasteiger partial charge >= 0.3 is 11.9 Å². The molecule has 4 rings (SSSR count). The Morgan fingerprint density at radius 2 is 1.89 bits per heavy atom. The van der Waals surface area contributed by atoms with Crippen LogP contribution < -0.4 is 5.56 Å². The first-order valence-electron chi connectivity index (χ1n) is 11.6. The maximum Gasteiger partial charge on any atom is 0.337 e. The average Bonchev–Trinajstić information content (AvgIpc) is 3.60. The number of aromatic nitrogens is 3. The van der Waals surface area contributed by atoms with Gasteiger partial charge in [0.25, 0.3) is 5.56 Å². The third-order valence-corrected chi connectivity index (χ3v) is 6.19. The van der Waals surface area contributed by atoms with E-state index >= 15 is 0 Å². The Labute approximate surface area is 212 Å². The fourth-order valence-corrected chi connectivity index (χ4v) is 4.21. The van der Waals surface area contributed by atoms with Gasteiger partial charge in [-0.1, -0.05) is 12.1 Å². The average molecular weight is 506 g/mol. The molecular formula is C27H27N3O7. The number of methoxy groups -OCH3 is 2. The molecule has 37 heavy (non-hydrogen) atoms. The van der Waals surface area contributed by atoms with Gasteiger partial charge in [0, 0.05) is 36.1 Å². The second-order valence-corrected chi connectivity index (χ2v) is 8.47. The van der Waals surface area contributed by atoms with E-state index in [0.717, 1.165) is 5.69 Å². The van der Waals surface area contributed by atoms with Crippen LogP contribution in [0.1, 0.15) is 45.4 Å². The summed E-state index contributed by atoms with van der Waals surface area (Å²) >= 11 is 0. The molecule has 0 saturated heterocycles. The maximum atomic E-state index is 13.6. The number of pyridine rings is 1. The molecule has 0 aliphatic heterocycles. The number of hydrogen-bond donors (Lipinski definition) is 2. The number of imidazole rings is 1. The number of carbonyl (C=O) groups is 2. The highest BCUT2D eigenvalue weighted by Crippen LogP contribution is 2.35. The van der Waals surface area contributed by atoms with E-state index in [-0.39, 0.29) is 17.7 Å². The lowest BCUT2D eigenvalue weighted by atomic mass is 9.93. The van der Waals surface area contributed by atoms with Crippen molar-refractivity contribution in [3.05, 3.63) is 93.6 Å². The zero-order valence-electron chi connectivity index (χ0n) is 20.7. The number of H-pyrrole nitrogens is 1. The molecule has 0 aliphatic carbocycles. The van der Waals surface area contributed by atoms with E-state index in [1.807, 2.05) is 0 Å². The summed E-state index contributed by atoms with van der Waals surface area (Å²) < 4.78 is 17.2. The molecule has 2 N–H and O–H groups in total. The molecule has 4 aromatic rings. The number of aromatic hydroxyl groups is 1. The Balaban J connectivity index is 1.72. The lowest BCUT2D eigenvalue weighted by Crippen LogP contribution is -2.29. The van der Waals surface area contributed by atoms with Crippen LogP contribution in [0.15, 0.2) is 64.2 Å². The van der Waals surface area contributed by atoms with Crippen LogP contribution >= 0.6 is 0 Å². The third kappa shape index (κ3) is 5.48. The lowest BCUT2D eigenvalue weighted by molar-refractivity contribution is -0.140. The predicted molar refractivity (Wildman–Crippen MR) is 133 cm³/mol. The van der Waals surface area contributed by atoms with Crippen LogP contribution in [-0.2, 0) is 27.2 Å². The molecule has 1 aromatic carbocycles. The number of nitrogens with one attached hydrogen (secondary N) is 1. The standard InChI is InChI=1S/C27H27N3O7/c1-16-12-21(31)25(26(33)30(16)11-10-19-14-28-15-29-19)20(13-24(32)35-2)23-9-8-22(37-23)17-4-6-18(7-5-17)27(34)36-3/h4-9,12,14-15,20,31H,10-11,13H2,1-3H3,(H,28,29). The summed E-state index contributed by atoms with van der Waals surface area (Å²) in [5, 5.41) is 10.8. The van der Waals surface area contributed by atoms with Crippen LogP contribution in [0.4, 0.5) is 0 Å². The second-order valence-electron chi connectivity index (χ2n) is 8.47. The van der Waals surface area contributed by atoms with Crippen molar-refractivity contribution in [3.63, 3.8) is 0 Å². The van der Waals surface area contributed by atoms with Crippen molar-refractivity contribution in [3.8, 4) is 17.1 Å². The molecule has 10 heteroatoms. The van der Waals surface area contributed by atoms with E-state index in [1.54, 1.807) is 60.4 Å². The summed E-state index contributed by atoms with van der Waals surface area (Å²) in [6.45, 7) is 2.08. The van der Waals surface area contributed by atoms with Crippen LogP contribution in [0, 0.1) is 6.92 Å². The molecule has 3 aromatic heterocycles. The first-order chi connectivity index (χ1) is 17.8. The Bertz CT molecular complexity index is 1450. The zero-order valence-corrected chi connectivity index (χ0v) is 20.7. The normalized spacial score (nSPS) is 11.8. The highest BCUT2D eigenvalue weighted by molar-refractivity contribution is 5.89. The van der Waals surface area contributed by atoms with E-state index < -0.39 is 23.4 Å². The van der Waals surface area contributed by atoms with Gasteiger partial charge in [-0.3, -0.25) is 9.59 Å². The summed E-state index contributed by atoms with van der Waals surface area (Å²) in [6.07, 6.45) is 3.57. The van der Waals surface area contributed by atoms with Crippen LogP contribution in [0.5, 0.6) is 5.75 Å². The molecule has 0 saturated carbocycles. The summed E-state index contributed by atoms with van der Waals surface area (Å²) in [6, 6.07) is 11.5. The van der Waals surface area contributed by atoms with Gasteiger partial charge in [-0.2, -0.15) is 0 Å². The van der Waals surface area contributed by atoms with Gasteiger partial charge in [0.05, 0.1) is 44.0 Å². The Morgan fingerprint density at radius 1 is 1.14 bits per heavy atom. The van der Waals surface area contributed by atoms with E-state index in [2.05, 4.69) is 9.97 Å². The van der Waals surface area contributed by atoms with E-state index in [0.29, 0.717) is 41.3 Å². The fourth-order valence-electron chi connectivity index (χ4n) is 4.21. The summed E-state index contributed by atoms with van der Waals surface area (Å²) in [7, 11) is 2.57. The molecule has 10 nitrogen and oxygen atoms in total. The summed E-state index contributed by atoms with van der Waals surface area (Å²) in [5.41, 5.74) is 2.13. The number of esters is 2. The van der Waals surface area contributed by atoms with Crippen LogP contribution in [0.2, 0.25) is 0 Å². The van der Waals surface area contributed by atoms with Crippen molar-refractivity contribution in [2.45, 2.75) is 32.2 Å². The van der Waals surface area contributed by atoms with Gasteiger partial charge in [0.2, 0.25) is 0 Å². The van der Waals surface area contributed by atoms with Crippen molar-refractivity contribution < 1.29 is 28.6 Å². The van der Waals surface area contributed by atoms with Gasteiger partial charge in [-0.05, 0) is 37.3 Å². The van der Waals surface area contributed by atoms with Crippen molar-refractivity contribution in [1.82, 2.24) is 14.5 Å². The molecule has 0 spiro atoms. The van der Waals surface area contributed by atoms with Gasteiger partial charge in [-0.25, -0.2) is 9.78 Å². The monoisotopic (exact) mass is 505 g/mol. The first kappa shape index (κ1) is 25.5. The molecule has 0 aliphatic rings. The smallest absolute Gasteiger partial charge is 0.337 e. The number of nitrogens with zero attached hydrogens (tertiary/aromatic N) is 2. The van der Waals surface area contributed by atoms with Crippen molar-refractivity contribution in [1.29, 1.82) is 0 Å². The number of rotatable bonds is 9. The largest absolute Gasteiger partial charge is 0.507 e. The Hall–Kier alpha value is -4.60. The number of furan rings is 1. The van der Waals surface area contributed by atoms with E-state index in [4.69, 9.17) is 13.9 Å². The summed E-state index contributed by atoms with van der Waals surface area (Å²) in [4.78, 5) is 44.6. The maximum absolute atomic E-state index is 13.6. The molecule has 0 bridgehead atoms. The third-order valence-electron chi connectivity index (χ3n) is 6.19. The summed E-state index contributed by atoms with van der Waals surface area (Å²) in [5.74, 6) is -1.35. The minimum atomic E-state index is -0.887. The zero-order chi connectivity index (χ0) is 26.5. The van der Waals surface area contributed by atoms with Crippen LogP contribution in [-0.4, -0.2) is 45.8 Å². The minimum Gasteiger partial charge on any atom is -0.507 e. The highest BCUT2D eigenvalue weighted by Gasteiger charge is 2.29. The Morgan fingerprint density at radius 3 is 2.54 bits per heavy atom. The molecule has 3 heterocycles. The van der Waals surface area contributed by atoms with E-state index in [1.165, 1.54) is 20.3 Å². The number of ether oxygens (including phenoxy) is 2. The quantitative estimate of drug-likeness (QED) is 0.330. The van der Waals surface area contributed by atoms with Crippen molar-refractivity contribution in [2.75, 3.05) is 14.2 Å². The molecule has 192 valence electrons. The number of carbonyl (C=O) groups excluding carboxylic acids is 2. The fraction of sp³-hybridized carbons (Fsp3) is 0.259. The SMILES string of the molecule is COC(=O)CC(c1ccc(-c2ccc(C(=O)OC)cc2)o1)c1c(O)cc(C)n(CCc2cnc[nH]2)c1=O. The molecule has 1 unspecified atom stereocenters. The lowest BCUT2D eigenvalue weighted by Gasteiger charge is -2.18. The van der Waals surface area contributed by atoms with Crippen LogP contribution in [0.3, 0.4) is 0 Å². The molecule has 0 amide bonds. The molecule has 0 fully saturated rings. The Kier molecular flexibility index (Phi) is 7.57.